The first-order valence-corrected chi connectivity index (χ1v) is 6.96. The van der Waals surface area contributed by atoms with Gasteiger partial charge in [0.1, 0.15) is 0 Å². The van der Waals surface area contributed by atoms with Crippen LogP contribution in [0.15, 0.2) is 18.2 Å². The summed E-state index contributed by atoms with van der Waals surface area (Å²) in [5, 5.41) is 2.98. The highest BCUT2D eigenvalue weighted by atomic mass is 35.5. The average Bonchev–Trinajstić information content (AvgIpc) is 2.89. The number of hydrogen-bond donors (Lipinski definition) is 2. The van der Waals surface area contributed by atoms with Crippen LogP contribution in [-0.4, -0.2) is 35.8 Å². The number of aryl methyl sites for hydroxylation is 1. The molecular formula is C15H22ClN3O2. The van der Waals surface area contributed by atoms with Crippen LogP contribution >= 0.6 is 12.4 Å². The van der Waals surface area contributed by atoms with Crippen molar-refractivity contribution in [3.63, 3.8) is 0 Å². The molecule has 0 bridgehead atoms. The summed E-state index contributed by atoms with van der Waals surface area (Å²) in [5.41, 5.74) is 7.80. The van der Waals surface area contributed by atoms with Crippen LogP contribution in [0.3, 0.4) is 0 Å². The Morgan fingerprint density at radius 1 is 1.43 bits per heavy atom. The number of amides is 2. The van der Waals surface area contributed by atoms with Crippen LogP contribution < -0.4 is 11.1 Å². The van der Waals surface area contributed by atoms with Gasteiger partial charge in [0.2, 0.25) is 5.91 Å². The Kier molecular flexibility index (Phi) is 6.03. The average molecular weight is 312 g/mol. The molecule has 2 amide bonds. The maximum absolute atomic E-state index is 12.2. The highest BCUT2D eigenvalue weighted by Gasteiger charge is 2.26. The van der Waals surface area contributed by atoms with Gasteiger partial charge in [-0.25, -0.2) is 0 Å². The van der Waals surface area contributed by atoms with Crippen molar-refractivity contribution in [2.24, 2.45) is 0 Å². The Morgan fingerprint density at radius 2 is 2.14 bits per heavy atom. The lowest BCUT2D eigenvalue weighted by molar-refractivity contribution is -0.129. The van der Waals surface area contributed by atoms with Crippen molar-refractivity contribution in [2.45, 2.75) is 32.7 Å². The Hall–Kier alpha value is -1.75. The van der Waals surface area contributed by atoms with Crippen LogP contribution in [0.4, 0.5) is 5.69 Å². The summed E-state index contributed by atoms with van der Waals surface area (Å²) in [7, 11) is 0. The molecule has 1 aliphatic rings. The summed E-state index contributed by atoms with van der Waals surface area (Å²) in [5.74, 6) is 0.0208. The monoisotopic (exact) mass is 311 g/mol. The lowest BCUT2D eigenvalue weighted by Gasteiger charge is -2.17. The first-order chi connectivity index (χ1) is 9.51. The van der Waals surface area contributed by atoms with E-state index in [1.807, 2.05) is 19.9 Å². The molecule has 3 N–H and O–H groups in total. The van der Waals surface area contributed by atoms with E-state index in [0.29, 0.717) is 30.8 Å². The SMILES string of the molecule is CCC(=O)N1CCC(NC(=O)c2cc(N)ccc2C)C1.Cl. The Morgan fingerprint density at radius 3 is 2.81 bits per heavy atom. The lowest BCUT2D eigenvalue weighted by atomic mass is 10.1. The minimum absolute atomic E-state index is 0. The number of halogens is 1. The number of nitrogens with two attached hydrogens (primary N) is 1. The number of anilines is 1. The molecule has 1 aromatic rings. The van der Waals surface area contributed by atoms with Gasteiger partial charge in [-0.1, -0.05) is 13.0 Å². The predicted molar refractivity (Wildman–Crippen MR) is 85.6 cm³/mol. The van der Waals surface area contributed by atoms with Gasteiger partial charge in [0.25, 0.3) is 5.91 Å². The molecule has 0 radical (unpaired) electrons. The highest BCUT2D eigenvalue weighted by Crippen LogP contribution is 2.15. The zero-order valence-electron chi connectivity index (χ0n) is 12.4. The zero-order chi connectivity index (χ0) is 14.7. The van der Waals surface area contributed by atoms with Crippen LogP contribution in [0, 0.1) is 6.92 Å². The van der Waals surface area contributed by atoms with E-state index >= 15 is 0 Å². The number of carbonyl (C=O) groups is 2. The van der Waals surface area contributed by atoms with E-state index in [1.54, 1.807) is 17.0 Å². The number of carbonyl (C=O) groups excluding carboxylic acids is 2. The van der Waals surface area contributed by atoms with Crippen molar-refractivity contribution >= 4 is 29.9 Å². The van der Waals surface area contributed by atoms with Gasteiger partial charge in [-0.3, -0.25) is 9.59 Å². The van der Waals surface area contributed by atoms with Gasteiger partial charge in [-0.2, -0.15) is 0 Å². The van der Waals surface area contributed by atoms with Gasteiger partial charge >= 0.3 is 0 Å². The number of likely N-dealkylation sites (tertiary alicyclic amines) is 1. The van der Waals surface area contributed by atoms with Gasteiger partial charge in [0.15, 0.2) is 0 Å². The molecule has 1 heterocycles. The standard InChI is InChI=1S/C15H21N3O2.ClH/c1-3-14(19)18-7-6-12(9-18)17-15(20)13-8-11(16)5-4-10(13)2;/h4-5,8,12H,3,6-7,9,16H2,1-2H3,(H,17,20);1H. The van der Waals surface area contributed by atoms with Crippen molar-refractivity contribution < 1.29 is 9.59 Å². The molecule has 1 aliphatic heterocycles. The number of benzene rings is 1. The normalized spacial score (nSPS) is 17.2. The molecule has 0 aliphatic carbocycles. The second-order valence-corrected chi connectivity index (χ2v) is 5.23. The van der Waals surface area contributed by atoms with E-state index in [2.05, 4.69) is 5.32 Å². The van der Waals surface area contributed by atoms with Crippen molar-refractivity contribution in [3.05, 3.63) is 29.3 Å². The molecule has 5 nitrogen and oxygen atoms in total. The Labute approximate surface area is 131 Å². The van der Waals surface area contributed by atoms with Crippen molar-refractivity contribution in [1.29, 1.82) is 0 Å². The van der Waals surface area contributed by atoms with Gasteiger partial charge in [-0.15, -0.1) is 12.4 Å². The van der Waals surface area contributed by atoms with E-state index < -0.39 is 0 Å². The van der Waals surface area contributed by atoms with Crippen molar-refractivity contribution in [2.75, 3.05) is 18.8 Å². The first-order valence-electron chi connectivity index (χ1n) is 6.96. The molecule has 1 atom stereocenters. The van der Waals surface area contributed by atoms with Crippen LogP contribution in [0.25, 0.3) is 0 Å². The van der Waals surface area contributed by atoms with Crippen LogP contribution in [0.2, 0.25) is 0 Å². The molecule has 6 heteroatoms. The third kappa shape index (κ3) is 4.11. The molecular weight excluding hydrogens is 290 g/mol. The third-order valence-corrected chi connectivity index (χ3v) is 3.68. The van der Waals surface area contributed by atoms with Gasteiger partial charge < -0.3 is 16.0 Å². The molecule has 2 rings (SSSR count). The highest BCUT2D eigenvalue weighted by molar-refractivity contribution is 5.96. The van der Waals surface area contributed by atoms with E-state index in [4.69, 9.17) is 5.73 Å². The quantitative estimate of drug-likeness (QED) is 0.835. The lowest BCUT2D eigenvalue weighted by Crippen LogP contribution is -2.38. The fourth-order valence-electron chi connectivity index (χ4n) is 2.48. The summed E-state index contributed by atoms with van der Waals surface area (Å²) in [4.78, 5) is 25.7. The smallest absolute Gasteiger partial charge is 0.251 e. The maximum atomic E-state index is 12.2. The summed E-state index contributed by atoms with van der Waals surface area (Å²) in [6.45, 7) is 5.05. The summed E-state index contributed by atoms with van der Waals surface area (Å²) < 4.78 is 0. The molecule has 21 heavy (non-hydrogen) atoms. The second kappa shape index (κ2) is 7.31. The largest absolute Gasteiger partial charge is 0.399 e. The van der Waals surface area contributed by atoms with Crippen LogP contribution in [-0.2, 0) is 4.79 Å². The molecule has 0 spiro atoms. The second-order valence-electron chi connectivity index (χ2n) is 5.23. The molecule has 116 valence electrons. The number of rotatable bonds is 3. The fourth-order valence-corrected chi connectivity index (χ4v) is 2.48. The number of nitrogen functional groups attached to an aromatic ring is 1. The maximum Gasteiger partial charge on any atom is 0.251 e. The summed E-state index contributed by atoms with van der Waals surface area (Å²) in [6.07, 6.45) is 1.31. The summed E-state index contributed by atoms with van der Waals surface area (Å²) in [6, 6.07) is 5.34. The molecule has 1 unspecified atom stereocenters. The van der Waals surface area contributed by atoms with Gasteiger partial charge in [-0.05, 0) is 31.0 Å². The van der Waals surface area contributed by atoms with Gasteiger partial charge in [0, 0.05) is 36.8 Å². The number of nitrogens with zero attached hydrogens (tertiary/aromatic N) is 1. The molecule has 0 saturated carbocycles. The van der Waals surface area contributed by atoms with E-state index in [9.17, 15) is 9.59 Å². The Bertz CT molecular complexity index is 534. The first kappa shape index (κ1) is 17.3. The van der Waals surface area contributed by atoms with Crippen LogP contribution in [0.5, 0.6) is 0 Å². The van der Waals surface area contributed by atoms with Crippen molar-refractivity contribution in [3.8, 4) is 0 Å². The predicted octanol–water partition coefficient (Wildman–Crippen LogP) is 1.74. The fraction of sp³-hybridized carbons (Fsp3) is 0.467. The van der Waals surface area contributed by atoms with Gasteiger partial charge in [0.05, 0.1) is 0 Å². The molecule has 1 saturated heterocycles. The van der Waals surface area contributed by atoms with E-state index in [0.717, 1.165) is 12.0 Å². The van der Waals surface area contributed by atoms with Crippen LogP contribution in [0.1, 0.15) is 35.7 Å². The molecule has 0 aromatic heterocycles. The third-order valence-electron chi connectivity index (χ3n) is 3.68. The number of hydrogen-bond acceptors (Lipinski definition) is 3. The Balaban J connectivity index is 0.00000220. The molecule has 1 aromatic carbocycles. The van der Waals surface area contributed by atoms with Crippen molar-refractivity contribution in [1.82, 2.24) is 10.2 Å². The number of nitrogens with one attached hydrogen (secondary N) is 1. The topological polar surface area (TPSA) is 75.4 Å². The van der Waals surface area contributed by atoms with E-state index in [1.165, 1.54) is 0 Å². The molecule has 1 fully saturated rings. The summed E-state index contributed by atoms with van der Waals surface area (Å²) >= 11 is 0. The zero-order valence-corrected chi connectivity index (χ0v) is 13.2. The minimum atomic E-state index is -0.120. The minimum Gasteiger partial charge on any atom is -0.399 e. The van der Waals surface area contributed by atoms with E-state index in [-0.39, 0.29) is 30.3 Å².